The minimum Gasteiger partial charge on any atom is -0.493 e. The van der Waals surface area contributed by atoms with Crippen molar-refractivity contribution in [2.24, 2.45) is 0 Å². The van der Waals surface area contributed by atoms with Crippen molar-refractivity contribution in [1.29, 1.82) is 0 Å². The van der Waals surface area contributed by atoms with Gasteiger partial charge >= 0.3 is 5.69 Å². The summed E-state index contributed by atoms with van der Waals surface area (Å²) in [6.45, 7) is 0.420. The topological polar surface area (TPSA) is 75.4 Å². The molecule has 0 N–H and O–H groups in total. The van der Waals surface area contributed by atoms with Crippen LogP contribution in [0.5, 0.6) is 11.5 Å². The molecular formula is C24H22ClN3O4. The molecule has 0 aliphatic carbocycles. The molecule has 7 nitrogen and oxygen atoms in total. The number of pyridine rings is 1. The minimum absolute atomic E-state index is 0.209. The van der Waals surface area contributed by atoms with Crippen LogP contribution in [0.1, 0.15) is 11.1 Å². The van der Waals surface area contributed by atoms with Crippen LogP contribution >= 0.6 is 11.6 Å². The van der Waals surface area contributed by atoms with E-state index >= 15 is 0 Å². The Balaban J connectivity index is 1.76. The second-order valence-electron chi connectivity index (χ2n) is 7.23. The summed E-state index contributed by atoms with van der Waals surface area (Å²) < 4.78 is 13.4. The van der Waals surface area contributed by atoms with Gasteiger partial charge in [0.1, 0.15) is 5.65 Å². The molecule has 0 unspecified atom stereocenters. The summed E-state index contributed by atoms with van der Waals surface area (Å²) in [5.74, 6) is 1.21. The Morgan fingerprint density at radius 2 is 1.72 bits per heavy atom. The first-order valence-electron chi connectivity index (χ1n) is 10.1. The summed E-state index contributed by atoms with van der Waals surface area (Å²) in [4.78, 5) is 30.8. The molecule has 0 bridgehead atoms. The van der Waals surface area contributed by atoms with Crippen LogP contribution in [0.2, 0.25) is 5.02 Å². The second kappa shape index (κ2) is 9.28. The Hall–Kier alpha value is -3.58. The van der Waals surface area contributed by atoms with E-state index in [0.29, 0.717) is 34.0 Å². The molecule has 0 aliphatic rings. The van der Waals surface area contributed by atoms with E-state index in [1.807, 2.05) is 30.3 Å². The van der Waals surface area contributed by atoms with Crippen LogP contribution in [0, 0.1) is 0 Å². The van der Waals surface area contributed by atoms with Crippen LogP contribution in [0.15, 0.2) is 70.4 Å². The maximum Gasteiger partial charge on any atom is 0.332 e. The molecule has 0 spiro atoms. The van der Waals surface area contributed by atoms with Gasteiger partial charge in [-0.2, -0.15) is 0 Å². The van der Waals surface area contributed by atoms with Crippen molar-refractivity contribution in [3.05, 3.63) is 97.8 Å². The summed E-state index contributed by atoms with van der Waals surface area (Å²) in [7, 11) is 3.14. The van der Waals surface area contributed by atoms with E-state index in [9.17, 15) is 9.59 Å². The second-order valence-corrected chi connectivity index (χ2v) is 7.64. The fraction of sp³-hybridized carbons (Fsp3) is 0.208. The van der Waals surface area contributed by atoms with Crippen LogP contribution in [-0.2, 0) is 19.5 Å². The summed E-state index contributed by atoms with van der Waals surface area (Å²) in [6, 6.07) is 16.2. The molecule has 2 aromatic heterocycles. The fourth-order valence-corrected chi connectivity index (χ4v) is 3.86. The maximum absolute atomic E-state index is 13.4. The van der Waals surface area contributed by atoms with E-state index in [4.69, 9.17) is 21.1 Å². The number of fused-ring (bicyclic) bond motifs is 1. The molecule has 2 heterocycles. The number of aryl methyl sites for hydroxylation is 1. The standard InChI is InChI=1S/C24H22ClN3O4/c1-31-20-10-9-16(14-21(20)32-2)11-13-27-23(29)18-7-5-12-26-22(18)28(24(27)30)15-17-6-3-4-8-19(17)25/h3-10,12,14H,11,13,15H2,1-2H3. The van der Waals surface area contributed by atoms with Crippen LogP contribution in [0.25, 0.3) is 11.0 Å². The molecule has 8 heteroatoms. The van der Waals surface area contributed by atoms with Gasteiger partial charge in [-0.15, -0.1) is 0 Å². The number of methoxy groups -OCH3 is 2. The highest BCUT2D eigenvalue weighted by Crippen LogP contribution is 2.27. The number of hydrogen-bond acceptors (Lipinski definition) is 5. The number of hydrogen-bond donors (Lipinski definition) is 0. The molecule has 32 heavy (non-hydrogen) atoms. The molecule has 0 saturated carbocycles. The van der Waals surface area contributed by atoms with Gasteiger partial charge in [-0.25, -0.2) is 9.78 Å². The van der Waals surface area contributed by atoms with Gasteiger partial charge in [-0.05, 0) is 47.9 Å². The zero-order chi connectivity index (χ0) is 22.7. The van der Waals surface area contributed by atoms with Gasteiger partial charge in [0.05, 0.1) is 26.2 Å². The van der Waals surface area contributed by atoms with Gasteiger partial charge in [-0.3, -0.25) is 13.9 Å². The lowest BCUT2D eigenvalue weighted by atomic mass is 10.1. The number of ether oxygens (including phenoxy) is 2. The monoisotopic (exact) mass is 451 g/mol. The summed E-state index contributed by atoms with van der Waals surface area (Å²) in [5, 5.41) is 0.929. The van der Waals surface area contributed by atoms with Crippen molar-refractivity contribution < 1.29 is 9.47 Å². The van der Waals surface area contributed by atoms with Gasteiger partial charge in [-0.1, -0.05) is 35.9 Å². The molecular weight excluding hydrogens is 430 g/mol. The molecule has 164 valence electrons. The van der Waals surface area contributed by atoms with E-state index in [-0.39, 0.29) is 18.6 Å². The van der Waals surface area contributed by atoms with Crippen LogP contribution in [-0.4, -0.2) is 28.3 Å². The van der Waals surface area contributed by atoms with Gasteiger partial charge in [0, 0.05) is 17.8 Å². The highest BCUT2D eigenvalue weighted by molar-refractivity contribution is 6.31. The van der Waals surface area contributed by atoms with Gasteiger partial charge in [0.25, 0.3) is 5.56 Å². The predicted molar refractivity (Wildman–Crippen MR) is 124 cm³/mol. The molecule has 0 radical (unpaired) electrons. The lowest BCUT2D eigenvalue weighted by Crippen LogP contribution is -2.41. The Morgan fingerprint density at radius 3 is 2.47 bits per heavy atom. The molecule has 4 aromatic rings. The summed E-state index contributed by atoms with van der Waals surface area (Å²) >= 11 is 6.32. The van der Waals surface area contributed by atoms with Crippen molar-refractivity contribution in [2.45, 2.75) is 19.5 Å². The predicted octanol–water partition coefficient (Wildman–Crippen LogP) is 3.52. The third-order valence-electron chi connectivity index (χ3n) is 5.34. The molecule has 0 fully saturated rings. The Morgan fingerprint density at radius 1 is 0.938 bits per heavy atom. The van der Waals surface area contributed by atoms with Crippen LogP contribution in [0.3, 0.4) is 0 Å². The van der Waals surface area contributed by atoms with Gasteiger partial charge < -0.3 is 9.47 Å². The number of aromatic nitrogens is 3. The fourth-order valence-electron chi connectivity index (χ4n) is 3.66. The van der Waals surface area contributed by atoms with Crippen molar-refractivity contribution in [3.63, 3.8) is 0 Å². The molecule has 0 amide bonds. The lowest BCUT2D eigenvalue weighted by molar-refractivity contribution is 0.354. The van der Waals surface area contributed by atoms with Crippen molar-refractivity contribution in [2.75, 3.05) is 14.2 Å². The zero-order valence-corrected chi connectivity index (χ0v) is 18.5. The average molecular weight is 452 g/mol. The number of halogens is 1. The Bertz CT molecular complexity index is 1390. The van der Waals surface area contributed by atoms with Crippen molar-refractivity contribution in [1.82, 2.24) is 14.1 Å². The number of benzene rings is 2. The van der Waals surface area contributed by atoms with E-state index in [1.54, 1.807) is 44.7 Å². The first-order chi connectivity index (χ1) is 15.5. The molecule has 4 rings (SSSR count). The average Bonchev–Trinajstić information content (AvgIpc) is 2.82. The maximum atomic E-state index is 13.4. The van der Waals surface area contributed by atoms with Gasteiger partial charge in [0.15, 0.2) is 11.5 Å². The zero-order valence-electron chi connectivity index (χ0n) is 17.7. The SMILES string of the molecule is COc1ccc(CCn2c(=O)c3cccnc3n(Cc3ccccc3Cl)c2=O)cc1OC. The Labute approximate surface area is 189 Å². The molecule has 0 aliphatic heterocycles. The van der Waals surface area contributed by atoms with E-state index in [1.165, 1.54) is 9.13 Å². The van der Waals surface area contributed by atoms with Crippen molar-refractivity contribution >= 4 is 22.6 Å². The Kier molecular flexibility index (Phi) is 6.28. The number of rotatable bonds is 7. The minimum atomic E-state index is -0.429. The highest BCUT2D eigenvalue weighted by Gasteiger charge is 2.15. The number of nitrogens with zero attached hydrogens (tertiary/aromatic N) is 3. The van der Waals surface area contributed by atoms with E-state index in [2.05, 4.69) is 4.98 Å². The lowest BCUT2D eigenvalue weighted by Gasteiger charge is -2.14. The third-order valence-corrected chi connectivity index (χ3v) is 5.71. The van der Waals surface area contributed by atoms with Crippen molar-refractivity contribution in [3.8, 4) is 11.5 Å². The summed E-state index contributed by atoms with van der Waals surface area (Å²) in [5.41, 5.74) is 1.23. The molecule has 2 aromatic carbocycles. The normalized spacial score (nSPS) is 11.0. The molecule has 0 saturated heterocycles. The van der Waals surface area contributed by atoms with E-state index in [0.717, 1.165) is 11.1 Å². The molecule has 0 atom stereocenters. The largest absolute Gasteiger partial charge is 0.493 e. The van der Waals surface area contributed by atoms with Gasteiger partial charge in [0.2, 0.25) is 0 Å². The van der Waals surface area contributed by atoms with Crippen LogP contribution < -0.4 is 20.7 Å². The first-order valence-corrected chi connectivity index (χ1v) is 10.4. The summed E-state index contributed by atoms with van der Waals surface area (Å²) in [6.07, 6.45) is 2.03. The first kappa shape index (κ1) is 21.6. The van der Waals surface area contributed by atoms with E-state index < -0.39 is 5.69 Å². The van der Waals surface area contributed by atoms with Crippen LogP contribution in [0.4, 0.5) is 0 Å². The smallest absolute Gasteiger partial charge is 0.332 e. The highest BCUT2D eigenvalue weighted by atomic mass is 35.5. The third kappa shape index (κ3) is 4.11. The quantitative estimate of drug-likeness (QED) is 0.429.